The number of imidazole rings is 1. The lowest BCUT2D eigenvalue weighted by atomic mass is 9.77. The Morgan fingerprint density at radius 2 is 1.59 bits per heavy atom. The van der Waals surface area contributed by atoms with Gasteiger partial charge in [-0.3, -0.25) is 4.99 Å². The summed E-state index contributed by atoms with van der Waals surface area (Å²) in [6.45, 7) is 16.5. The minimum atomic E-state index is -0.0382. The molecule has 2 aromatic heterocycles. The first-order chi connectivity index (χ1) is 23.8. The van der Waals surface area contributed by atoms with E-state index in [1.165, 1.54) is 70.5 Å². The molecule has 4 heteroatoms. The van der Waals surface area contributed by atoms with E-state index in [4.69, 9.17) is 11.6 Å². The molecule has 0 bridgehead atoms. The third kappa shape index (κ3) is 4.76. The van der Waals surface area contributed by atoms with Gasteiger partial charge < -0.3 is 0 Å². The highest BCUT2D eigenvalue weighted by molar-refractivity contribution is 7.25. The van der Waals surface area contributed by atoms with Crippen LogP contribution >= 0.6 is 11.3 Å². The Kier molecular flexibility index (Phi) is 6.89. The molecule has 2 aliphatic heterocycles. The summed E-state index contributed by atoms with van der Waals surface area (Å²) >= 11 is 1.89. The highest BCUT2D eigenvalue weighted by Gasteiger charge is 2.37. The molecule has 0 saturated carbocycles. The predicted octanol–water partition coefficient (Wildman–Crippen LogP) is 10.9. The summed E-state index contributed by atoms with van der Waals surface area (Å²) in [5, 5.41) is 2.68. The summed E-state index contributed by atoms with van der Waals surface area (Å²) in [6.07, 6.45) is 3.83. The fraction of sp³-hybridized carbons (Fsp3) is 0.200. The fourth-order valence-corrected chi connectivity index (χ4v) is 9.38. The highest BCUT2D eigenvalue weighted by atomic mass is 32.1. The van der Waals surface area contributed by atoms with Crippen molar-refractivity contribution in [3.63, 3.8) is 0 Å². The first kappa shape index (κ1) is 30.0. The van der Waals surface area contributed by atoms with E-state index in [9.17, 15) is 0 Å². The van der Waals surface area contributed by atoms with E-state index in [1.54, 1.807) is 0 Å². The second kappa shape index (κ2) is 11.2. The molecule has 0 saturated heterocycles. The molecule has 2 aliphatic rings. The van der Waals surface area contributed by atoms with Crippen LogP contribution in [0.2, 0.25) is 0 Å². The molecule has 5 aromatic carbocycles. The van der Waals surface area contributed by atoms with Gasteiger partial charge in [0.25, 0.3) is 5.82 Å². The van der Waals surface area contributed by atoms with Crippen LogP contribution in [0.25, 0.3) is 48.3 Å². The van der Waals surface area contributed by atoms with Crippen molar-refractivity contribution in [2.75, 3.05) is 0 Å². The highest BCUT2D eigenvalue weighted by Crippen LogP contribution is 2.43. The summed E-state index contributed by atoms with van der Waals surface area (Å²) in [5.41, 5.74) is 12.3. The molecule has 49 heavy (non-hydrogen) atoms. The number of aryl methyl sites for hydroxylation is 1. The molecule has 0 spiro atoms. The molecule has 3 nitrogen and oxygen atoms in total. The van der Waals surface area contributed by atoms with E-state index in [0.717, 1.165) is 24.1 Å². The van der Waals surface area contributed by atoms with Crippen molar-refractivity contribution in [3.8, 4) is 17.1 Å². The lowest BCUT2D eigenvalue weighted by molar-refractivity contribution is -0.652. The van der Waals surface area contributed by atoms with Crippen LogP contribution in [0.15, 0.2) is 139 Å². The standard InChI is InChI=1S/C45H40N3S/c1-6-38-33-14-8-7-13-32(33)35-24-19-29-25-37-34-15-9-12-18-41(34)49-42(37)26-36(29)44-47(27-28(2)43(35)46-38)39-16-10-11-17-40(39)48(44)31-22-20-30(21-23-31)45(3,4)5/h6-18,20-23,25-26,35,43H,1-2,19,24,27H2,3-5H3/q+1. The number of thiophene rings is 1. The van der Waals surface area contributed by atoms with Gasteiger partial charge in [0.15, 0.2) is 11.0 Å². The van der Waals surface area contributed by atoms with Crippen LogP contribution in [-0.2, 0) is 18.4 Å². The van der Waals surface area contributed by atoms with Gasteiger partial charge in [-0.15, -0.1) is 11.3 Å². The van der Waals surface area contributed by atoms with Crippen molar-refractivity contribution in [3.05, 3.63) is 156 Å². The fourth-order valence-electron chi connectivity index (χ4n) is 8.25. The quantitative estimate of drug-likeness (QED) is 0.131. The molecule has 7 aromatic rings. The number of aromatic nitrogens is 2. The van der Waals surface area contributed by atoms with E-state index in [0.29, 0.717) is 6.54 Å². The Morgan fingerprint density at radius 3 is 2.41 bits per heavy atom. The third-order valence-electron chi connectivity index (χ3n) is 10.7. The largest absolute Gasteiger partial charge is 0.295 e. The Labute approximate surface area is 292 Å². The monoisotopic (exact) mass is 654 g/mol. The number of fused-ring (bicyclic) bond motifs is 11. The Balaban J connectivity index is 1.35. The number of rotatable bonds is 2. The SMILES string of the molecule is C=CC1=NC2C(=C)C[n+]3c(n(-c4ccc(C(C)(C)C)cc4)c4ccccc43)-c3cc4sc5ccccc5c4cc3CCC2c2ccccc21. The van der Waals surface area contributed by atoms with Crippen molar-refractivity contribution in [1.82, 2.24) is 4.57 Å². The van der Waals surface area contributed by atoms with E-state index in [2.05, 4.69) is 146 Å². The number of aliphatic imine (C=N–C) groups is 1. The van der Waals surface area contributed by atoms with Gasteiger partial charge in [0.1, 0.15) is 12.2 Å². The number of nitrogens with zero attached hydrogens (tertiary/aromatic N) is 3. The average molecular weight is 655 g/mol. The number of para-hydroxylation sites is 2. The topological polar surface area (TPSA) is 21.2 Å². The van der Waals surface area contributed by atoms with E-state index in [-0.39, 0.29) is 17.4 Å². The smallest absolute Gasteiger partial charge is 0.276 e. The van der Waals surface area contributed by atoms with Crippen molar-refractivity contribution >= 4 is 48.3 Å². The molecule has 0 fully saturated rings. The van der Waals surface area contributed by atoms with E-state index >= 15 is 0 Å². The third-order valence-corrected chi connectivity index (χ3v) is 11.8. The van der Waals surface area contributed by atoms with Crippen molar-refractivity contribution < 1.29 is 4.57 Å². The molecule has 0 aliphatic carbocycles. The number of hydrogen-bond acceptors (Lipinski definition) is 2. The van der Waals surface area contributed by atoms with Crippen LogP contribution in [0.3, 0.4) is 0 Å². The van der Waals surface area contributed by atoms with Gasteiger partial charge in [0.2, 0.25) is 0 Å². The summed E-state index contributed by atoms with van der Waals surface area (Å²) in [5.74, 6) is 1.43. The number of hydrogen-bond donors (Lipinski definition) is 0. The van der Waals surface area contributed by atoms with Crippen LogP contribution in [-0.4, -0.2) is 16.3 Å². The Morgan fingerprint density at radius 1 is 0.837 bits per heavy atom. The minimum absolute atomic E-state index is 0.0382. The lowest BCUT2D eigenvalue weighted by Gasteiger charge is -2.33. The molecule has 0 radical (unpaired) electrons. The summed E-state index contributed by atoms with van der Waals surface area (Å²) < 4.78 is 7.65. The maximum absolute atomic E-state index is 5.39. The molecule has 2 atom stereocenters. The van der Waals surface area contributed by atoms with Gasteiger partial charge in [-0.25, -0.2) is 4.57 Å². The zero-order valence-corrected chi connectivity index (χ0v) is 29.2. The van der Waals surface area contributed by atoms with Gasteiger partial charge in [0.05, 0.1) is 17.3 Å². The van der Waals surface area contributed by atoms with E-state index in [1.807, 2.05) is 17.4 Å². The minimum Gasteiger partial charge on any atom is -0.276 e. The normalized spacial score (nSPS) is 17.7. The maximum atomic E-state index is 5.39. The van der Waals surface area contributed by atoms with Crippen molar-refractivity contribution in [2.24, 2.45) is 4.99 Å². The predicted molar refractivity (Wildman–Crippen MR) is 208 cm³/mol. The summed E-state index contributed by atoms with van der Waals surface area (Å²) in [4.78, 5) is 5.39. The summed E-state index contributed by atoms with van der Waals surface area (Å²) in [7, 11) is 0. The molecule has 240 valence electrons. The number of allylic oxidation sites excluding steroid dienone is 1. The van der Waals surface area contributed by atoms with Crippen molar-refractivity contribution in [1.29, 1.82) is 0 Å². The van der Waals surface area contributed by atoms with Gasteiger partial charge in [0, 0.05) is 31.7 Å². The summed E-state index contributed by atoms with van der Waals surface area (Å²) in [6, 6.07) is 40.6. The zero-order chi connectivity index (χ0) is 33.4. The maximum Gasteiger partial charge on any atom is 0.295 e. The molecule has 2 unspecified atom stereocenters. The number of benzene rings is 5. The first-order valence-corrected chi connectivity index (χ1v) is 18.2. The van der Waals surface area contributed by atoms with Crippen molar-refractivity contribution in [2.45, 2.75) is 57.5 Å². The van der Waals surface area contributed by atoms with Crippen LogP contribution < -0.4 is 4.57 Å². The Bertz CT molecular complexity index is 2500. The lowest BCUT2D eigenvalue weighted by Crippen LogP contribution is -2.41. The van der Waals surface area contributed by atoms with Crippen LogP contribution in [0.4, 0.5) is 0 Å². The molecular weight excluding hydrogens is 615 g/mol. The van der Waals surface area contributed by atoms with E-state index < -0.39 is 0 Å². The second-order valence-corrected chi connectivity index (χ2v) is 15.8. The average Bonchev–Trinajstić information content (AvgIpc) is 3.64. The van der Waals surface area contributed by atoms with Crippen LogP contribution in [0, 0.1) is 0 Å². The molecule has 9 rings (SSSR count). The first-order valence-electron chi connectivity index (χ1n) is 17.4. The van der Waals surface area contributed by atoms with Crippen LogP contribution in [0.1, 0.15) is 55.4 Å². The van der Waals surface area contributed by atoms with Crippen LogP contribution in [0.5, 0.6) is 0 Å². The second-order valence-electron chi connectivity index (χ2n) is 14.7. The molecule has 4 heterocycles. The zero-order valence-electron chi connectivity index (χ0n) is 28.4. The molecular formula is C45H40N3S+. The molecule has 0 N–H and O–H groups in total. The van der Waals surface area contributed by atoms with Gasteiger partial charge in [-0.1, -0.05) is 101 Å². The Hall–Kier alpha value is -5.06. The van der Waals surface area contributed by atoms with Gasteiger partial charge in [-0.05, 0) is 89.1 Å². The van der Waals surface area contributed by atoms with Gasteiger partial charge in [-0.2, -0.15) is 4.57 Å². The van der Waals surface area contributed by atoms with Gasteiger partial charge >= 0.3 is 0 Å². The molecule has 0 amide bonds.